The molecule has 2 aliphatic rings. The molecule has 4 rings (SSSR count). The van der Waals surface area contributed by atoms with Crippen molar-refractivity contribution in [3.63, 3.8) is 0 Å². The number of nitrogens with zero attached hydrogens (tertiary/aromatic N) is 2. The van der Waals surface area contributed by atoms with Gasteiger partial charge < -0.3 is 24.8 Å². The van der Waals surface area contributed by atoms with Crippen molar-refractivity contribution < 1.29 is 19.0 Å². The van der Waals surface area contributed by atoms with Gasteiger partial charge in [0, 0.05) is 51.3 Å². The largest absolute Gasteiger partial charge is 0.495 e. The fourth-order valence-corrected chi connectivity index (χ4v) is 3.78. The number of piperazine rings is 1. The Kier molecular flexibility index (Phi) is 5.87. The summed E-state index contributed by atoms with van der Waals surface area (Å²) in [6, 6.07) is 11.4. The van der Waals surface area contributed by atoms with Crippen LogP contribution in [0.15, 0.2) is 36.4 Å². The summed E-state index contributed by atoms with van der Waals surface area (Å²) in [5.74, 6) is 2.36. The van der Waals surface area contributed by atoms with Crippen molar-refractivity contribution in [2.45, 2.75) is 13.0 Å². The maximum Gasteiger partial charge on any atom is 0.231 e. The number of fused-ring (bicyclic) bond motifs is 1. The third kappa shape index (κ3) is 4.63. The second kappa shape index (κ2) is 8.71. The SMILES string of the molecule is COc1ccc(C(=O)CCN2CCN(Cc3ccc4c(c3)OCO4)CC2)cc1N. The molecule has 2 heterocycles. The number of rotatable bonds is 7. The normalized spacial score (nSPS) is 16.7. The number of hydrogen-bond donors (Lipinski definition) is 1. The molecule has 0 aromatic heterocycles. The van der Waals surface area contributed by atoms with E-state index >= 15 is 0 Å². The van der Waals surface area contributed by atoms with Crippen LogP contribution in [0.3, 0.4) is 0 Å². The summed E-state index contributed by atoms with van der Waals surface area (Å²) < 4.78 is 16.0. The van der Waals surface area contributed by atoms with Gasteiger partial charge in [-0.2, -0.15) is 0 Å². The summed E-state index contributed by atoms with van der Waals surface area (Å²) in [4.78, 5) is 17.3. The number of carbonyl (C=O) groups excluding carboxylic acids is 1. The first-order chi connectivity index (χ1) is 14.1. The molecule has 0 unspecified atom stereocenters. The number of benzene rings is 2. The highest BCUT2D eigenvalue weighted by molar-refractivity contribution is 5.97. The molecule has 0 atom stereocenters. The number of Topliss-reactive ketones (excluding diaryl/α,β-unsaturated/α-hetero) is 1. The lowest BCUT2D eigenvalue weighted by Crippen LogP contribution is -2.46. The molecule has 0 saturated carbocycles. The average Bonchev–Trinajstić information content (AvgIpc) is 3.21. The van der Waals surface area contributed by atoms with Crippen molar-refractivity contribution in [1.29, 1.82) is 0 Å². The third-order valence-electron chi connectivity index (χ3n) is 5.51. The van der Waals surface area contributed by atoms with Crippen LogP contribution in [0, 0.1) is 0 Å². The maximum atomic E-state index is 12.5. The van der Waals surface area contributed by atoms with Crippen LogP contribution in [0.4, 0.5) is 5.69 Å². The Balaban J connectivity index is 1.23. The lowest BCUT2D eigenvalue weighted by molar-refractivity contribution is 0.0922. The number of anilines is 1. The Labute approximate surface area is 170 Å². The molecule has 1 saturated heterocycles. The molecule has 154 valence electrons. The molecule has 7 nitrogen and oxygen atoms in total. The second-order valence-corrected chi connectivity index (χ2v) is 7.44. The Morgan fingerprint density at radius 3 is 2.55 bits per heavy atom. The van der Waals surface area contributed by atoms with Crippen LogP contribution in [0.5, 0.6) is 17.2 Å². The second-order valence-electron chi connectivity index (χ2n) is 7.44. The molecule has 0 radical (unpaired) electrons. The smallest absolute Gasteiger partial charge is 0.231 e. The van der Waals surface area contributed by atoms with Gasteiger partial charge in [0.25, 0.3) is 0 Å². The van der Waals surface area contributed by atoms with Crippen molar-refractivity contribution in [1.82, 2.24) is 9.80 Å². The van der Waals surface area contributed by atoms with Gasteiger partial charge >= 0.3 is 0 Å². The predicted octanol–water partition coefficient (Wildman–Crippen LogP) is 2.40. The molecule has 7 heteroatoms. The minimum absolute atomic E-state index is 0.113. The highest BCUT2D eigenvalue weighted by Gasteiger charge is 2.20. The number of methoxy groups -OCH3 is 1. The fraction of sp³-hybridized carbons (Fsp3) is 0.409. The van der Waals surface area contributed by atoms with E-state index in [0.717, 1.165) is 50.8 Å². The van der Waals surface area contributed by atoms with Crippen LogP contribution >= 0.6 is 0 Å². The molecule has 2 aromatic carbocycles. The van der Waals surface area contributed by atoms with Crippen LogP contribution in [0.25, 0.3) is 0 Å². The lowest BCUT2D eigenvalue weighted by Gasteiger charge is -2.34. The molecule has 0 aliphatic carbocycles. The van der Waals surface area contributed by atoms with E-state index in [1.165, 1.54) is 5.56 Å². The zero-order valence-electron chi connectivity index (χ0n) is 16.7. The zero-order valence-corrected chi connectivity index (χ0v) is 16.7. The Morgan fingerprint density at radius 2 is 1.79 bits per heavy atom. The van der Waals surface area contributed by atoms with Gasteiger partial charge in [-0.05, 0) is 35.9 Å². The average molecular weight is 397 g/mol. The number of ether oxygens (including phenoxy) is 3. The first kappa shape index (κ1) is 19.5. The van der Waals surface area contributed by atoms with Crippen LogP contribution in [0.1, 0.15) is 22.3 Å². The summed E-state index contributed by atoms with van der Waals surface area (Å²) in [5, 5.41) is 0. The van der Waals surface area contributed by atoms with Gasteiger partial charge in [0.05, 0.1) is 12.8 Å². The van der Waals surface area contributed by atoms with Crippen molar-refractivity contribution in [2.75, 3.05) is 52.4 Å². The van der Waals surface area contributed by atoms with E-state index in [1.54, 1.807) is 25.3 Å². The van der Waals surface area contributed by atoms with Gasteiger partial charge in [-0.15, -0.1) is 0 Å². The summed E-state index contributed by atoms with van der Waals surface area (Å²) in [5.41, 5.74) is 8.28. The van der Waals surface area contributed by atoms with E-state index in [9.17, 15) is 4.79 Å². The van der Waals surface area contributed by atoms with Crippen molar-refractivity contribution in [3.8, 4) is 17.2 Å². The molecule has 1 fully saturated rings. The molecule has 0 amide bonds. The van der Waals surface area contributed by atoms with E-state index < -0.39 is 0 Å². The van der Waals surface area contributed by atoms with Gasteiger partial charge in [-0.3, -0.25) is 9.69 Å². The number of ketones is 1. The van der Waals surface area contributed by atoms with Gasteiger partial charge in [0.2, 0.25) is 6.79 Å². The van der Waals surface area contributed by atoms with Crippen molar-refractivity contribution >= 4 is 11.5 Å². The van der Waals surface area contributed by atoms with Gasteiger partial charge in [-0.25, -0.2) is 0 Å². The van der Waals surface area contributed by atoms with Crippen molar-refractivity contribution in [2.24, 2.45) is 0 Å². The fourth-order valence-electron chi connectivity index (χ4n) is 3.78. The number of hydrogen-bond acceptors (Lipinski definition) is 7. The molecule has 0 spiro atoms. The molecule has 2 N–H and O–H groups in total. The minimum Gasteiger partial charge on any atom is -0.495 e. The molecular weight excluding hydrogens is 370 g/mol. The van der Waals surface area contributed by atoms with Crippen LogP contribution in [-0.2, 0) is 6.54 Å². The van der Waals surface area contributed by atoms with Crippen LogP contribution < -0.4 is 19.9 Å². The highest BCUT2D eigenvalue weighted by atomic mass is 16.7. The quantitative estimate of drug-likeness (QED) is 0.568. The molecule has 29 heavy (non-hydrogen) atoms. The molecule has 0 bridgehead atoms. The monoisotopic (exact) mass is 397 g/mol. The van der Waals surface area contributed by atoms with Gasteiger partial charge in [0.1, 0.15) is 5.75 Å². The lowest BCUT2D eigenvalue weighted by atomic mass is 10.1. The van der Waals surface area contributed by atoms with Gasteiger partial charge in [0.15, 0.2) is 17.3 Å². The summed E-state index contributed by atoms with van der Waals surface area (Å²) in [6.07, 6.45) is 0.494. The predicted molar refractivity (Wildman–Crippen MR) is 111 cm³/mol. The van der Waals surface area contributed by atoms with Crippen LogP contribution in [-0.4, -0.2) is 62.2 Å². The van der Waals surface area contributed by atoms with Crippen LogP contribution in [0.2, 0.25) is 0 Å². The van der Waals surface area contributed by atoms with E-state index in [0.29, 0.717) is 30.2 Å². The minimum atomic E-state index is 0.113. The summed E-state index contributed by atoms with van der Waals surface area (Å²) in [7, 11) is 1.57. The first-order valence-corrected chi connectivity index (χ1v) is 9.92. The Morgan fingerprint density at radius 1 is 1.03 bits per heavy atom. The topological polar surface area (TPSA) is 77.3 Å². The standard InChI is InChI=1S/C22H27N3O4/c1-27-20-5-3-17(13-18(20)23)19(26)6-7-24-8-10-25(11-9-24)14-16-2-4-21-22(12-16)29-15-28-21/h2-5,12-13H,6-11,14-15,23H2,1H3. The Hall–Kier alpha value is -2.77. The molecular formula is C22H27N3O4. The van der Waals surface area contributed by atoms with Crippen molar-refractivity contribution in [3.05, 3.63) is 47.5 Å². The number of nitrogen functional groups attached to an aromatic ring is 1. The van der Waals surface area contributed by atoms with E-state index in [-0.39, 0.29) is 5.78 Å². The molecule has 2 aliphatic heterocycles. The summed E-state index contributed by atoms with van der Waals surface area (Å²) in [6.45, 7) is 5.86. The first-order valence-electron chi connectivity index (χ1n) is 9.92. The van der Waals surface area contributed by atoms with E-state index in [2.05, 4.69) is 21.9 Å². The van der Waals surface area contributed by atoms with E-state index in [4.69, 9.17) is 19.9 Å². The summed E-state index contributed by atoms with van der Waals surface area (Å²) >= 11 is 0. The number of nitrogens with two attached hydrogens (primary N) is 1. The third-order valence-corrected chi connectivity index (χ3v) is 5.51. The Bertz CT molecular complexity index is 878. The zero-order chi connectivity index (χ0) is 20.2. The van der Waals surface area contributed by atoms with E-state index in [1.807, 2.05) is 6.07 Å². The van der Waals surface area contributed by atoms with Gasteiger partial charge in [-0.1, -0.05) is 6.07 Å². The molecule has 2 aromatic rings. The number of carbonyl (C=O) groups is 1. The highest BCUT2D eigenvalue weighted by Crippen LogP contribution is 2.32. The maximum absolute atomic E-state index is 12.5.